The number of hydrogen-bond acceptors (Lipinski definition) is 6. The van der Waals surface area contributed by atoms with Gasteiger partial charge >= 0.3 is 0 Å². The number of aromatic nitrogens is 4. The molecule has 3 aromatic rings. The Morgan fingerprint density at radius 1 is 1.03 bits per heavy atom. The quantitative estimate of drug-likeness (QED) is 0.648. The summed E-state index contributed by atoms with van der Waals surface area (Å²) >= 11 is 0. The lowest BCUT2D eigenvalue weighted by Gasteiger charge is -2.34. The molecule has 1 amide bonds. The lowest BCUT2D eigenvalue weighted by Crippen LogP contribution is -3.14. The van der Waals surface area contributed by atoms with Crippen LogP contribution in [0.1, 0.15) is 0 Å². The molecular weight excluding hydrogens is 384 g/mol. The van der Waals surface area contributed by atoms with Gasteiger partial charge < -0.3 is 19.3 Å². The lowest BCUT2D eigenvalue weighted by molar-refractivity contribution is -0.927. The predicted octanol–water partition coefficient (Wildman–Crippen LogP) is -0.135. The van der Waals surface area contributed by atoms with E-state index in [-0.39, 0.29) is 12.5 Å². The molecule has 9 nitrogen and oxygen atoms in total. The van der Waals surface area contributed by atoms with Crippen LogP contribution in [-0.4, -0.2) is 69.9 Å². The molecule has 0 bridgehead atoms. The third-order valence-electron chi connectivity index (χ3n) is 5.42. The Morgan fingerprint density at radius 2 is 1.77 bits per heavy atom. The Bertz CT molecular complexity index is 1020. The smallest absolute Gasteiger partial charge is 0.267 e. The third kappa shape index (κ3) is 3.84. The van der Waals surface area contributed by atoms with Crippen LogP contribution in [0, 0.1) is 0 Å². The standard InChI is InChI=1S/C21H22N6O3/c28-21(19-14-29-17-8-4-5-9-18(17)30-19)26-12-10-25(11-13-26)15-27-23-20(22-24-27)16-6-2-1-3-7-16/h1-9,19H,10-15H2/p+1/t19-/m0/s1. The van der Waals surface area contributed by atoms with E-state index in [1.54, 1.807) is 4.80 Å². The number of benzene rings is 2. The van der Waals surface area contributed by atoms with Gasteiger partial charge in [0.2, 0.25) is 11.9 Å². The van der Waals surface area contributed by atoms with Crippen molar-refractivity contribution in [1.82, 2.24) is 25.1 Å². The molecule has 9 heteroatoms. The lowest BCUT2D eigenvalue weighted by atomic mass is 10.2. The summed E-state index contributed by atoms with van der Waals surface area (Å²) < 4.78 is 11.5. The fourth-order valence-corrected chi connectivity index (χ4v) is 3.76. The molecule has 2 aliphatic heterocycles. The monoisotopic (exact) mass is 407 g/mol. The molecule has 0 radical (unpaired) electrons. The van der Waals surface area contributed by atoms with Crippen molar-refractivity contribution in [3.05, 3.63) is 54.6 Å². The number of para-hydroxylation sites is 2. The summed E-state index contributed by atoms with van der Waals surface area (Å²) in [5.41, 5.74) is 0.949. The first-order valence-electron chi connectivity index (χ1n) is 10.1. The molecule has 5 rings (SSSR count). The van der Waals surface area contributed by atoms with Crippen molar-refractivity contribution < 1.29 is 19.2 Å². The highest BCUT2D eigenvalue weighted by Crippen LogP contribution is 2.31. The zero-order valence-corrected chi connectivity index (χ0v) is 16.5. The second-order valence-electron chi connectivity index (χ2n) is 7.45. The number of amides is 1. The van der Waals surface area contributed by atoms with Crippen LogP contribution >= 0.6 is 0 Å². The molecule has 3 heterocycles. The van der Waals surface area contributed by atoms with Gasteiger partial charge in [-0.25, -0.2) is 0 Å². The SMILES string of the molecule is O=C([C@@H]1COc2ccccc2O1)N1CC[NH+](Cn2nnc(-c3ccccc3)n2)CC1. The molecule has 1 saturated heterocycles. The largest absolute Gasteiger partial charge is 0.485 e. The van der Waals surface area contributed by atoms with Crippen LogP contribution in [0.5, 0.6) is 11.5 Å². The van der Waals surface area contributed by atoms with E-state index in [9.17, 15) is 4.79 Å². The van der Waals surface area contributed by atoms with Crippen molar-refractivity contribution in [1.29, 1.82) is 0 Å². The maximum atomic E-state index is 12.9. The highest BCUT2D eigenvalue weighted by atomic mass is 16.6. The number of carbonyl (C=O) groups is 1. The zero-order chi connectivity index (χ0) is 20.3. The first-order valence-corrected chi connectivity index (χ1v) is 10.1. The summed E-state index contributed by atoms with van der Waals surface area (Å²) in [5, 5.41) is 12.8. The number of carbonyl (C=O) groups excluding carboxylic acids is 1. The van der Waals surface area contributed by atoms with Crippen molar-refractivity contribution in [2.75, 3.05) is 32.8 Å². The normalized spacial score (nSPS) is 18.9. The number of hydrogen-bond donors (Lipinski definition) is 1. The van der Waals surface area contributed by atoms with Crippen molar-refractivity contribution in [3.8, 4) is 22.9 Å². The average Bonchev–Trinajstić information content (AvgIpc) is 3.28. The highest BCUT2D eigenvalue weighted by molar-refractivity contribution is 5.82. The molecule has 1 aromatic heterocycles. The first kappa shape index (κ1) is 18.6. The number of ether oxygens (including phenoxy) is 2. The number of tetrazole rings is 1. The van der Waals surface area contributed by atoms with Gasteiger partial charge in [-0.15, -0.1) is 15.0 Å². The predicted molar refractivity (Wildman–Crippen MR) is 107 cm³/mol. The third-order valence-corrected chi connectivity index (χ3v) is 5.42. The second-order valence-corrected chi connectivity index (χ2v) is 7.45. The van der Waals surface area contributed by atoms with E-state index in [0.29, 0.717) is 37.1 Å². The summed E-state index contributed by atoms with van der Waals surface area (Å²) in [6, 6.07) is 17.2. The highest BCUT2D eigenvalue weighted by Gasteiger charge is 2.33. The van der Waals surface area contributed by atoms with Gasteiger partial charge in [-0.1, -0.05) is 42.5 Å². The second kappa shape index (κ2) is 8.11. The van der Waals surface area contributed by atoms with Crippen molar-refractivity contribution in [2.24, 2.45) is 0 Å². The van der Waals surface area contributed by atoms with Gasteiger partial charge in [0.1, 0.15) is 6.61 Å². The van der Waals surface area contributed by atoms with E-state index < -0.39 is 6.10 Å². The van der Waals surface area contributed by atoms with Crippen LogP contribution < -0.4 is 14.4 Å². The van der Waals surface area contributed by atoms with E-state index in [4.69, 9.17) is 9.47 Å². The summed E-state index contributed by atoms with van der Waals surface area (Å²) in [7, 11) is 0. The molecule has 2 aliphatic rings. The van der Waals surface area contributed by atoms with Crippen LogP contribution in [0.15, 0.2) is 54.6 Å². The Hall–Kier alpha value is -3.46. The minimum absolute atomic E-state index is 0.0196. The van der Waals surface area contributed by atoms with Gasteiger partial charge in [0.15, 0.2) is 18.2 Å². The molecule has 154 valence electrons. The zero-order valence-electron chi connectivity index (χ0n) is 16.5. The Kier molecular flexibility index (Phi) is 5.02. The van der Waals surface area contributed by atoms with E-state index in [0.717, 1.165) is 18.7 Å². The molecule has 0 unspecified atom stereocenters. The maximum Gasteiger partial charge on any atom is 0.267 e. The van der Waals surface area contributed by atoms with E-state index in [1.807, 2.05) is 59.5 Å². The number of nitrogens with zero attached hydrogens (tertiary/aromatic N) is 5. The summed E-state index contributed by atoms with van der Waals surface area (Å²) in [6.07, 6.45) is -0.591. The first-order chi connectivity index (χ1) is 14.8. The number of nitrogens with one attached hydrogen (secondary N) is 1. The van der Waals surface area contributed by atoms with Crippen LogP contribution in [-0.2, 0) is 11.5 Å². The molecule has 1 atom stereocenters. The van der Waals surface area contributed by atoms with E-state index in [2.05, 4.69) is 15.4 Å². The number of rotatable bonds is 4. The minimum Gasteiger partial charge on any atom is -0.485 e. The van der Waals surface area contributed by atoms with Gasteiger partial charge in [0, 0.05) is 5.56 Å². The van der Waals surface area contributed by atoms with Crippen molar-refractivity contribution >= 4 is 5.91 Å². The van der Waals surface area contributed by atoms with Gasteiger partial charge in [-0.05, 0) is 17.3 Å². The molecule has 1 N–H and O–H groups in total. The van der Waals surface area contributed by atoms with Crippen LogP contribution in [0.4, 0.5) is 0 Å². The van der Waals surface area contributed by atoms with Gasteiger partial charge in [0.25, 0.3) is 5.91 Å². The molecule has 0 aliphatic carbocycles. The summed E-state index contributed by atoms with van der Waals surface area (Å²) in [5.74, 6) is 1.91. The van der Waals surface area contributed by atoms with Crippen LogP contribution in [0.2, 0.25) is 0 Å². The fourth-order valence-electron chi connectivity index (χ4n) is 3.76. The minimum atomic E-state index is -0.591. The van der Waals surface area contributed by atoms with Crippen LogP contribution in [0.25, 0.3) is 11.4 Å². The number of quaternary nitrogens is 1. The molecule has 1 fully saturated rings. The van der Waals surface area contributed by atoms with Gasteiger partial charge in [0.05, 0.1) is 26.2 Å². The van der Waals surface area contributed by atoms with Crippen LogP contribution in [0.3, 0.4) is 0 Å². The fraction of sp³-hybridized carbons (Fsp3) is 0.333. The van der Waals surface area contributed by atoms with Crippen molar-refractivity contribution in [2.45, 2.75) is 12.8 Å². The molecule has 0 saturated carbocycles. The Labute approximate surface area is 173 Å². The van der Waals surface area contributed by atoms with Crippen molar-refractivity contribution in [3.63, 3.8) is 0 Å². The number of piperazine rings is 1. The van der Waals surface area contributed by atoms with E-state index >= 15 is 0 Å². The number of fused-ring (bicyclic) bond motifs is 1. The molecule has 2 aromatic carbocycles. The average molecular weight is 407 g/mol. The topological polar surface area (TPSA) is 86.8 Å². The Balaban J connectivity index is 1.14. The summed E-state index contributed by atoms with van der Waals surface area (Å²) in [6.45, 7) is 3.83. The van der Waals surface area contributed by atoms with Gasteiger partial charge in [-0.2, -0.15) is 0 Å². The van der Waals surface area contributed by atoms with Gasteiger partial charge in [-0.3, -0.25) is 4.79 Å². The maximum absolute atomic E-state index is 12.9. The molecule has 0 spiro atoms. The summed E-state index contributed by atoms with van der Waals surface area (Å²) in [4.78, 5) is 17.7. The van der Waals surface area contributed by atoms with E-state index in [1.165, 1.54) is 4.90 Å². The molecular formula is C21H23N6O3+. The Morgan fingerprint density at radius 3 is 2.57 bits per heavy atom. The molecule has 30 heavy (non-hydrogen) atoms.